The summed E-state index contributed by atoms with van der Waals surface area (Å²) in [6, 6.07) is 10.7. The summed E-state index contributed by atoms with van der Waals surface area (Å²) < 4.78 is 23.7. The average molecular weight is 457 g/mol. The van der Waals surface area contributed by atoms with Gasteiger partial charge in [-0.25, -0.2) is 0 Å². The van der Waals surface area contributed by atoms with Gasteiger partial charge in [0.05, 0.1) is 11.6 Å². The molecule has 0 atom stereocenters. The van der Waals surface area contributed by atoms with Gasteiger partial charge in [-0.05, 0) is 64.2 Å². The molecule has 0 aromatic heterocycles. The molecule has 4 rings (SSSR count). The quantitative estimate of drug-likeness (QED) is 0.666. The molecule has 2 aliphatic rings. The van der Waals surface area contributed by atoms with Gasteiger partial charge in [-0.2, -0.15) is 0 Å². The highest BCUT2D eigenvalue weighted by atomic mass is 79.9. The fraction of sp³-hybridized carbons (Fsp3) is 0.400. The number of benzene rings is 2. The van der Waals surface area contributed by atoms with Gasteiger partial charge in [0, 0.05) is 12.6 Å². The van der Waals surface area contributed by atoms with E-state index in [0.717, 1.165) is 33.8 Å². The molecule has 146 valence electrons. The monoisotopic (exact) mass is 455 g/mol. The second-order valence-corrected chi connectivity index (χ2v) is 7.39. The predicted molar refractivity (Wildman–Crippen MR) is 110 cm³/mol. The largest absolute Gasteiger partial charge is 0.493 e. The van der Waals surface area contributed by atoms with E-state index in [2.05, 4.69) is 27.3 Å². The molecule has 0 unspecified atom stereocenters. The van der Waals surface area contributed by atoms with Crippen molar-refractivity contribution in [1.29, 1.82) is 0 Å². The van der Waals surface area contributed by atoms with Gasteiger partial charge in [0.25, 0.3) is 0 Å². The molecular weight excluding hydrogens is 434 g/mol. The molecule has 0 spiro atoms. The van der Waals surface area contributed by atoms with E-state index in [1.165, 1.54) is 18.4 Å². The molecule has 1 N–H and O–H groups in total. The number of methoxy groups -OCH3 is 1. The van der Waals surface area contributed by atoms with Crippen LogP contribution in [0.2, 0.25) is 0 Å². The molecule has 1 heterocycles. The smallest absolute Gasteiger partial charge is 0.175 e. The third kappa shape index (κ3) is 5.00. The lowest BCUT2D eigenvalue weighted by molar-refractivity contribution is 0.171. The summed E-state index contributed by atoms with van der Waals surface area (Å²) in [5, 5.41) is 3.51. The van der Waals surface area contributed by atoms with E-state index in [9.17, 15) is 0 Å². The highest BCUT2D eigenvalue weighted by Crippen LogP contribution is 2.38. The minimum Gasteiger partial charge on any atom is -0.493 e. The van der Waals surface area contributed by atoms with Crippen LogP contribution in [0.25, 0.3) is 0 Å². The molecule has 1 fully saturated rings. The zero-order valence-corrected chi connectivity index (χ0v) is 17.5. The highest BCUT2D eigenvalue weighted by molar-refractivity contribution is 9.10. The van der Waals surface area contributed by atoms with Crippen molar-refractivity contribution in [3.8, 4) is 23.0 Å². The average Bonchev–Trinajstić information content (AvgIpc) is 3.49. The fourth-order valence-electron chi connectivity index (χ4n) is 2.90. The standard InChI is InChI=1S/C20H22BrNO4.ClH/c1-23-19-10-14(11-22-15-3-4-15)8-16(21)20(19)26-12-13-2-5-17-18(9-13)25-7-6-24-17;/h2,5,8-10,15,22H,3-4,6-7,11-12H2,1H3;1H. The number of halogens is 2. The van der Waals surface area contributed by atoms with Crippen LogP contribution in [0, 0.1) is 0 Å². The SMILES string of the molecule is COc1cc(CNC2CC2)cc(Br)c1OCc1ccc2c(c1)OCCO2.Cl. The summed E-state index contributed by atoms with van der Waals surface area (Å²) in [4.78, 5) is 0. The van der Waals surface area contributed by atoms with Crippen LogP contribution in [0.3, 0.4) is 0 Å². The fourth-order valence-corrected chi connectivity index (χ4v) is 3.50. The first-order chi connectivity index (χ1) is 12.7. The van der Waals surface area contributed by atoms with Crippen LogP contribution in [0.15, 0.2) is 34.8 Å². The first-order valence-corrected chi connectivity index (χ1v) is 9.63. The van der Waals surface area contributed by atoms with Crippen LogP contribution in [-0.2, 0) is 13.2 Å². The van der Waals surface area contributed by atoms with Crippen molar-refractivity contribution in [2.75, 3.05) is 20.3 Å². The molecule has 5 nitrogen and oxygen atoms in total. The number of hydrogen-bond donors (Lipinski definition) is 1. The maximum absolute atomic E-state index is 6.04. The Balaban J connectivity index is 0.00000210. The van der Waals surface area contributed by atoms with E-state index in [1.807, 2.05) is 24.3 Å². The van der Waals surface area contributed by atoms with Crippen molar-refractivity contribution in [1.82, 2.24) is 5.32 Å². The summed E-state index contributed by atoms with van der Waals surface area (Å²) in [6.45, 7) is 2.43. The second-order valence-electron chi connectivity index (χ2n) is 6.53. The van der Waals surface area contributed by atoms with Crippen LogP contribution in [0.5, 0.6) is 23.0 Å². The highest BCUT2D eigenvalue weighted by Gasteiger charge is 2.21. The van der Waals surface area contributed by atoms with Crippen molar-refractivity contribution >= 4 is 28.3 Å². The van der Waals surface area contributed by atoms with E-state index in [-0.39, 0.29) is 12.4 Å². The topological polar surface area (TPSA) is 49.0 Å². The van der Waals surface area contributed by atoms with Crippen LogP contribution in [0.4, 0.5) is 0 Å². The van der Waals surface area contributed by atoms with E-state index in [1.54, 1.807) is 7.11 Å². The minimum atomic E-state index is 0. The number of fused-ring (bicyclic) bond motifs is 1. The summed E-state index contributed by atoms with van der Waals surface area (Å²) in [6.07, 6.45) is 2.55. The van der Waals surface area contributed by atoms with Gasteiger partial charge < -0.3 is 24.3 Å². The Morgan fingerprint density at radius 3 is 2.59 bits per heavy atom. The van der Waals surface area contributed by atoms with E-state index < -0.39 is 0 Å². The van der Waals surface area contributed by atoms with Gasteiger partial charge in [-0.15, -0.1) is 12.4 Å². The lowest BCUT2D eigenvalue weighted by atomic mass is 10.2. The van der Waals surface area contributed by atoms with Crippen LogP contribution >= 0.6 is 28.3 Å². The Labute approximate surface area is 173 Å². The van der Waals surface area contributed by atoms with E-state index >= 15 is 0 Å². The number of hydrogen-bond acceptors (Lipinski definition) is 5. The third-order valence-electron chi connectivity index (χ3n) is 4.45. The van der Waals surface area contributed by atoms with Crippen LogP contribution < -0.4 is 24.3 Å². The lowest BCUT2D eigenvalue weighted by Crippen LogP contribution is -2.15. The summed E-state index contributed by atoms with van der Waals surface area (Å²) >= 11 is 3.62. The zero-order valence-electron chi connectivity index (χ0n) is 15.1. The first-order valence-electron chi connectivity index (χ1n) is 8.84. The van der Waals surface area contributed by atoms with Gasteiger partial charge in [0.2, 0.25) is 0 Å². The zero-order chi connectivity index (χ0) is 17.9. The molecule has 0 amide bonds. The summed E-state index contributed by atoms with van der Waals surface area (Å²) in [5.74, 6) is 2.98. The van der Waals surface area contributed by atoms with Gasteiger partial charge >= 0.3 is 0 Å². The molecule has 2 aromatic rings. The Kier molecular flexibility index (Phi) is 6.73. The maximum Gasteiger partial charge on any atom is 0.175 e. The molecule has 27 heavy (non-hydrogen) atoms. The van der Waals surface area contributed by atoms with E-state index in [0.29, 0.717) is 31.6 Å². The summed E-state index contributed by atoms with van der Waals surface area (Å²) in [7, 11) is 1.66. The first kappa shape index (κ1) is 20.1. The molecule has 0 saturated heterocycles. The molecule has 1 saturated carbocycles. The van der Waals surface area contributed by atoms with Crippen molar-refractivity contribution in [3.63, 3.8) is 0 Å². The van der Waals surface area contributed by atoms with Crippen molar-refractivity contribution in [2.45, 2.75) is 32.0 Å². The molecule has 0 radical (unpaired) electrons. The number of ether oxygens (including phenoxy) is 4. The van der Waals surface area contributed by atoms with Crippen molar-refractivity contribution in [3.05, 3.63) is 45.9 Å². The van der Waals surface area contributed by atoms with Gasteiger partial charge in [0.1, 0.15) is 19.8 Å². The molecule has 2 aromatic carbocycles. The van der Waals surface area contributed by atoms with Crippen LogP contribution in [0.1, 0.15) is 24.0 Å². The predicted octanol–water partition coefficient (Wildman–Crippen LogP) is 4.48. The van der Waals surface area contributed by atoms with Gasteiger partial charge in [0.15, 0.2) is 23.0 Å². The van der Waals surface area contributed by atoms with Gasteiger partial charge in [-0.3, -0.25) is 0 Å². The number of rotatable bonds is 7. The molecule has 1 aliphatic heterocycles. The number of nitrogens with one attached hydrogen (secondary N) is 1. The van der Waals surface area contributed by atoms with Crippen molar-refractivity contribution in [2.24, 2.45) is 0 Å². The molecule has 0 bridgehead atoms. The van der Waals surface area contributed by atoms with Crippen molar-refractivity contribution < 1.29 is 18.9 Å². The minimum absolute atomic E-state index is 0. The van der Waals surface area contributed by atoms with Gasteiger partial charge in [-0.1, -0.05) is 6.07 Å². The molecular formula is C20H23BrClNO4. The van der Waals surface area contributed by atoms with E-state index in [4.69, 9.17) is 18.9 Å². The maximum atomic E-state index is 6.04. The third-order valence-corrected chi connectivity index (χ3v) is 5.04. The van der Waals surface area contributed by atoms with Crippen LogP contribution in [-0.4, -0.2) is 26.4 Å². The molecule has 7 heteroatoms. The Hall–Kier alpha value is -1.63. The second kappa shape index (κ2) is 9.04. The Morgan fingerprint density at radius 1 is 1.07 bits per heavy atom. The Bertz CT molecular complexity index is 798. The Morgan fingerprint density at radius 2 is 1.85 bits per heavy atom. The normalized spacial score (nSPS) is 15.0. The lowest BCUT2D eigenvalue weighted by Gasteiger charge is -2.19. The summed E-state index contributed by atoms with van der Waals surface area (Å²) in [5.41, 5.74) is 2.19. The molecule has 1 aliphatic carbocycles.